The fourth-order valence-corrected chi connectivity index (χ4v) is 14.6. The van der Waals surface area contributed by atoms with Crippen LogP contribution in [-0.4, -0.2) is 44.9 Å². The van der Waals surface area contributed by atoms with Crippen molar-refractivity contribution in [2.45, 2.75) is 177 Å². The van der Waals surface area contributed by atoms with Crippen molar-refractivity contribution in [3.63, 3.8) is 0 Å². The van der Waals surface area contributed by atoms with Gasteiger partial charge in [-0.05, 0) is 240 Å². The first-order valence-corrected chi connectivity index (χ1v) is 46.1. The maximum atomic E-state index is 4.87. The van der Waals surface area contributed by atoms with Crippen LogP contribution in [-0.2, 0) is 45.8 Å². The van der Waals surface area contributed by atoms with Crippen molar-refractivity contribution in [1.29, 1.82) is 0 Å². The fourth-order valence-electron chi connectivity index (χ4n) is 13.9. The zero-order valence-corrected chi connectivity index (χ0v) is 79.7. The topological polar surface area (TPSA) is 116 Å². The van der Waals surface area contributed by atoms with Crippen LogP contribution in [0.5, 0.6) is 0 Å². The van der Waals surface area contributed by atoms with Gasteiger partial charge in [-0.15, -0.1) is 107 Å². The first-order valence-electron chi connectivity index (χ1n) is 44.5. The van der Waals surface area contributed by atoms with Crippen molar-refractivity contribution in [3.8, 4) is 101 Å². The molecule has 0 spiro atoms. The third-order valence-electron chi connectivity index (χ3n) is 21.0. The zero-order chi connectivity index (χ0) is 87.5. The van der Waals surface area contributed by atoms with Gasteiger partial charge >= 0.3 is 20.1 Å². The molecule has 0 amide bonds. The van der Waals surface area contributed by atoms with Gasteiger partial charge in [0.1, 0.15) is 0 Å². The van der Waals surface area contributed by atoms with Crippen LogP contribution in [0.25, 0.3) is 101 Å². The Morgan fingerprint density at radius 3 is 1.10 bits per heavy atom. The third-order valence-corrected chi connectivity index (χ3v) is 22.2. The number of hydrogen-bond donors (Lipinski definition) is 0. The van der Waals surface area contributed by atoms with Crippen LogP contribution in [0.4, 0.5) is 0 Å². The summed E-state index contributed by atoms with van der Waals surface area (Å²) in [6.45, 7) is 15.4. The van der Waals surface area contributed by atoms with E-state index in [1.165, 1.54) is 180 Å². The molecule has 126 heavy (non-hydrogen) atoms. The summed E-state index contributed by atoms with van der Waals surface area (Å²) in [6, 6.07) is 108. The van der Waals surface area contributed by atoms with Gasteiger partial charge in [0, 0.05) is 87.0 Å². The molecule has 642 valence electrons. The molecule has 16 aromatic rings. The minimum atomic E-state index is 0. The molecule has 0 aliphatic heterocycles. The molecule has 0 atom stereocenters. The Balaban J connectivity index is 0.000000174. The first kappa shape index (κ1) is 98.3. The van der Waals surface area contributed by atoms with E-state index in [4.69, 9.17) is 4.98 Å². The van der Waals surface area contributed by atoms with Crippen molar-refractivity contribution in [3.05, 3.63) is 413 Å². The van der Waals surface area contributed by atoms with Crippen molar-refractivity contribution >= 4 is 31.9 Å². The average Bonchev–Trinajstić information content (AvgIpc) is 0.803. The van der Waals surface area contributed by atoms with Crippen molar-refractivity contribution in [2.24, 2.45) is 0 Å². The minimum absolute atomic E-state index is 0. The van der Waals surface area contributed by atoms with Crippen LogP contribution >= 0.6 is 31.9 Å². The molecular formula is C114H118Br2IrN9. The molecule has 0 fully saturated rings. The van der Waals surface area contributed by atoms with Crippen molar-refractivity contribution in [2.75, 3.05) is 0 Å². The molecule has 9 aromatic heterocycles. The number of halogens is 2. The standard InChI is InChI=1S/C35H41N2.C19H25N.C17H19Br2N.C11H9N.2C11H8N.C10H8N2.Ir/c1-4-6-8-10-13-28-14-12-16-30(23-28)35-22-19-32(26-37-35)33-20-18-31(34-21-17-27(3)25-36-34)24-29(33)15-11-9-7-5-2;1-4-5-6-7-8-17-13-18(11-10-16(17)3)19-12-9-15(2)14-20-19;1-2-3-4-5-6-13-11-14(7-9-16(13)19)17-10-8-15(18)12-20-17;3*1-2-6-10(7-3-1)11-8-4-5-9-12-11;1-3-7-11-9(5-1)10-6-2-4-8-12-10;/h12,14,17-26H,4-11,13,15H2,1-3H3;9-14H,4-8H2,1-3H3;7-12H,2-6H2,1H3;1-9H;2*1-6,8-9H;1-8H;/q-1;;;;2*-1;;+3. The fraction of sp³-hybridized carbons (Fsp3) is 0.237. The smallest absolute Gasteiger partial charge is 0.305 e. The van der Waals surface area contributed by atoms with E-state index < -0.39 is 0 Å². The normalized spacial score (nSPS) is 10.4. The number of hydrogen-bond acceptors (Lipinski definition) is 9. The van der Waals surface area contributed by atoms with Crippen molar-refractivity contribution < 1.29 is 20.1 Å². The van der Waals surface area contributed by atoms with Crippen LogP contribution in [0.1, 0.15) is 169 Å². The van der Waals surface area contributed by atoms with Gasteiger partial charge in [-0.3, -0.25) is 29.9 Å². The molecule has 0 bridgehead atoms. The van der Waals surface area contributed by atoms with Gasteiger partial charge in [0.2, 0.25) is 0 Å². The van der Waals surface area contributed by atoms with E-state index in [2.05, 4.69) is 254 Å². The maximum Gasteiger partial charge on any atom is 3.00 e. The van der Waals surface area contributed by atoms with Gasteiger partial charge in [0.25, 0.3) is 0 Å². The van der Waals surface area contributed by atoms with E-state index in [1.54, 1.807) is 24.8 Å². The molecule has 0 saturated heterocycles. The van der Waals surface area contributed by atoms with Crippen molar-refractivity contribution in [1.82, 2.24) is 44.9 Å². The Morgan fingerprint density at radius 2 is 0.643 bits per heavy atom. The van der Waals surface area contributed by atoms with Gasteiger partial charge in [0.05, 0.1) is 34.2 Å². The molecule has 0 saturated carbocycles. The van der Waals surface area contributed by atoms with Crippen LogP contribution in [0.3, 0.4) is 0 Å². The first-order chi connectivity index (χ1) is 61.4. The zero-order valence-electron chi connectivity index (χ0n) is 74.2. The Bertz CT molecular complexity index is 5060. The molecule has 0 radical (unpaired) electrons. The Labute approximate surface area is 781 Å². The quantitative estimate of drug-likeness (QED) is 0.0334. The predicted octanol–water partition coefficient (Wildman–Crippen LogP) is 31.7. The molecule has 0 N–H and O–H groups in total. The second-order valence-electron chi connectivity index (χ2n) is 30.9. The Morgan fingerprint density at radius 1 is 0.254 bits per heavy atom. The largest absolute Gasteiger partial charge is 3.00 e. The summed E-state index contributed by atoms with van der Waals surface area (Å²) in [6.07, 6.45) is 41.8. The van der Waals surface area contributed by atoms with Gasteiger partial charge in [0.15, 0.2) is 0 Å². The molecule has 9 nitrogen and oxygen atoms in total. The summed E-state index contributed by atoms with van der Waals surface area (Å²) in [5.74, 6) is 0. The molecule has 7 aromatic carbocycles. The molecule has 9 heterocycles. The van der Waals surface area contributed by atoms with Gasteiger partial charge in [-0.25, -0.2) is 0 Å². The van der Waals surface area contributed by atoms with Gasteiger partial charge in [-0.2, -0.15) is 0 Å². The number of unbranched alkanes of at least 4 members (excludes halogenated alkanes) is 12. The summed E-state index contributed by atoms with van der Waals surface area (Å²) in [5, 5.41) is 0. The van der Waals surface area contributed by atoms with E-state index >= 15 is 0 Å². The second-order valence-corrected chi connectivity index (χ2v) is 32.7. The van der Waals surface area contributed by atoms with Gasteiger partial charge < -0.3 is 15.0 Å². The number of pyridine rings is 9. The molecule has 0 aliphatic carbocycles. The number of nitrogens with zero attached hydrogens (tertiary/aromatic N) is 9. The van der Waals surface area contributed by atoms with Crippen LogP contribution in [0.15, 0.2) is 356 Å². The third kappa shape index (κ3) is 34.4. The van der Waals surface area contributed by atoms with Crippen LogP contribution < -0.4 is 0 Å². The number of rotatable bonds is 29. The molecule has 0 aliphatic rings. The number of aryl methyl sites for hydroxylation is 7. The van der Waals surface area contributed by atoms with Gasteiger partial charge in [-0.1, -0.05) is 254 Å². The van der Waals surface area contributed by atoms with E-state index in [0.29, 0.717) is 0 Å². The summed E-state index contributed by atoms with van der Waals surface area (Å²) in [5.41, 5.74) is 28.7. The van der Waals surface area contributed by atoms with E-state index in [-0.39, 0.29) is 20.1 Å². The molecule has 12 heteroatoms. The average molecular weight is 1970 g/mol. The van der Waals surface area contributed by atoms with E-state index in [1.807, 2.05) is 207 Å². The van der Waals surface area contributed by atoms with Crippen LogP contribution in [0.2, 0.25) is 0 Å². The Kier molecular flexibility index (Phi) is 44.6. The minimum Gasteiger partial charge on any atom is -0.305 e. The molecule has 0 unspecified atom stereocenters. The van der Waals surface area contributed by atoms with Crippen LogP contribution in [0, 0.1) is 39.0 Å². The SMILES string of the molecule is CCCCCCc1cc(-c2ccc(Br)cn2)ccc1Br.CCCCCCc1cc(-c2ccc(C)cn2)ccc1C.CCCCCCc1cc[c-]c(-c2ccc(-c3ccc(-c4ccc(C)cn4)cc3CCCCCC)cn2)c1.[Ir+3].[c-]1ccccc1-c1ccccn1.[c-]1ccccc1-c1ccccn1.c1ccc(-c2ccccn2)cc1.c1ccc(-c2ccccn2)nc1. The second kappa shape index (κ2) is 57.2. The summed E-state index contributed by atoms with van der Waals surface area (Å²) < 4.78 is 2.22. The predicted molar refractivity (Wildman–Crippen MR) is 532 cm³/mol. The summed E-state index contributed by atoms with van der Waals surface area (Å²) >= 11 is 7.08. The number of benzene rings is 7. The van der Waals surface area contributed by atoms with E-state index in [9.17, 15) is 0 Å². The monoisotopic (exact) mass is 1960 g/mol. The molecular weight excluding hydrogens is 1850 g/mol. The van der Waals surface area contributed by atoms with E-state index in [0.717, 1.165) is 97.2 Å². The molecule has 16 rings (SSSR count). The maximum absolute atomic E-state index is 4.87. The summed E-state index contributed by atoms with van der Waals surface area (Å²) in [7, 11) is 0. The Hall–Kier alpha value is -11.5. The summed E-state index contributed by atoms with van der Waals surface area (Å²) in [4.78, 5) is 39.6. The number of aromatic nitrogens is 9.